The zero-order valence-electron chi connectivity index (χ0n) is 17.3. The van der Waals surface area contributed by atoms with Gasteiger partial charge in [-0.05, 0) is 54.7 Å². The first-order valence-electron chi connectivity index (χ1n) is 11.1. The average molecular weight is 405 g/mol. The van der Waals surface area contributed by atoms with Gasteiger partial charge in [0, 0.05) is 63.9 Å². The second-order valence-corrected chi connectivity index (χ2v) is 8.48. The van der Waals surface area contributed by atoms with Crippen LogP contribution in [0.1, 0.15) is 40.7 Å². The molecule has 6 heteroatoms. The fraction of sp³-hybridized carbons (Fsp3) is 0.458. The lowest BCUT2D eigenvalue weighted by Gasteiger charge is -2.36. The van der Waals surface area contributed by atoms with Gasteiger partial charge >= 0.3 is 0 Å². The molecule has 1 aromatic carbocycles. The molecule has 3 aliphatic rings. The molecule has 4 heterocycles. The van der Waals surface area contributed by atoms with Crippen molar-refractivity contribution < 1.29 is 9.59 Å². The van der Waals surface area contributed by atoms with Crippen molar-refractivity contribution in [1.29, 1.82) is 0 Å². The van der Waals surface area contributed by atoms with Gasteiger partial charge in [-0.15, -0.1) is 0 Å². The number of ketones is 1. The molecular formula is C24H28N4O2. The van der Waals surface area contributed by atoms with Gasteiger partial charge in [0.25, 0.3) is 0 Å². The Hall–Kier alpha value is -2.73. The lowest BCUT2D eigenvalue weighted by atomic mass is 9.88. The Labute approximate surface area is 177 Å². The molecule has 6 nitrogen and oxygen atoms in total. The highest BCUT2D eigenvalue weighted by Gasteiger charge is 2.30. The number of piperazine rings is 1. The van der Waals surface area contributed by atoms with Gasteiger partial charge in [-0.3, -0.25) is 14.5 Å². The van der Waals surface area contributed by atoms with Crippen molar-refractivity contribution in [2.45, 2.75) is 32.1 Å². The molecule has 0 unspecified atom stereocenters. The van der Waals surface area contributed by atoms with Gasteiger partial charge in [0.05, 0.1) is 5.69 Å². The number of pyridine rings is 1. The second kappa shape index (κ2) is 8.19. The number of aromatic nitrogens is 1. The monoisotopic (exact) mass is 404 g/mol. The minimum absolute atomic E-state index is 0.218. The summed E-state index contributed by atoms with van der Waals surface area (Å²) in [5.41, 5.74) is 4.28. The number of nitrogens with zero attached hydrogens (tertiary/aromatic N) is 4. The van der Waals surface area contributed by atoms with Crippen molar-refractivity contribution in [1.82, 2.24) is 9.88 Å². The number of Topliss-reactive ketones (excluding diaryl/α,β-unsaturated/α-hetero) is 1. The van der Waals surface area contributed by atoms with E-state index in [9.17, 15) is 9.59 Å². The van der Waals surface area contributed by atoms with Crippen LogP contribution in [0, 0.1) is 0 Å². The van der Waals surface area contributed by atoms with Crippen LogP contribution in [0.3, 0.4) is 0 Å². The van der Waals surface area contributed by atoms with E-state index in [1.165, 1.54) is 11.1 Å². The molecule has 156 valence electrons. The van der Waals surface area contributed by atoms with Crippen LogP contribution in [0.2, 0.25) is 0 Å². The summed E-state index contributed by atoms with van der Waals surface area (Å²) in [6.07, 6.45) is 5.64. The predicted molar refractivity (Wildman–Crippen MR) is 117 cm³/mol. The van der Waals surface area contributed by atoms with Crippen LogP contribution < -0.4 is 9.80 Å². The number of hydrogen-bond acceptors (Lipinski definition) is 5. The summed E-state index contributed by atoms with van der Waals surface area (Å²) in [4.78, 5) is 36.2. The van der Waals surface area contributed by atoms with E-state index in [1.807, 2.05) is 35.4 Å². The van der Waals surface area contributed by atoms with E-state index in [0.717, 1.165) is 75.6 Å². The summed E-state index contributed by atoms with van der Waals surface area (Å²) in [5.74, 6) is 1.48. The maximum absolute atomic E-state index is 13.0. The summed E-state index contributed by atoms with van der Waals surface area (Å²) in [6.45, 7) is 5.41. The number of anilines is 2. The van der Waals surface area contributed by atoms with Crippen LogP contribution in [0.25, 0.3) is 0 Å². The molecule has 0 saturated carbocycles. The van der Waals surface area contributed by atoms with Gasteiger partial charge in [0.1, 0.15) is 5.82 Å². The number of carbonyl (C=O) groups is 2. The van der Waals surface area contributed by atoms with Gasteiger partial charge < -0.3 is 9.80 Å². The topological polar surface area (TPSA) is 56.8 Å². The summed E-state index contributed by atoms with van der Waals surface area (Å²) < 4.78 is 0. The van der Waals surface area contributed by atoms with Crippen LogP contribution in [0.5, 0.6) is 0 Å². The third kappa shape index (κ3) is 3.72. The van der Waals surface area contributed by atoms with Crippen LogP contribution in [-0.2, 0) is 17.6 Å². The van der Waals surface area contributed by atoms with Gasteiger partial charge in [-0.2, -0.15) is 0 Å². The minimum Gasteiger partial charge on any atom is -0.354 e. The Morgan fingerprint density at radius 2 is 1.77 bits per heavy atom. The van der Waals surface area contributed by atoms with Crippen molar-refractivity contribution in [3.63, 3.8) is 0 Å². The smallest absolute Gasteiger partial charge is 0.227 e. The summed E-state index contributed by atoms with van der Waals surface area (Å²) in [6, 6.07) is 10.1. The van der Waals surface area contributed by atoms with Crippen LogP contribution in [-0.4, -0.2) is 60.8 Å². The highest BCUT2D eigenvalue weighted by atomic mass is 16.2. The van der Waals surface area contributed by atoms with Crippen molar-refractivity contribution in [2.24, 2.45) is 0 Å². The maximum atomic E-state index is 13.0. The Morgan fingerprint density at radius 1 is 0.967 bits per heavy atom. The number of aryl methyl sites for hydroxylation is 2. The molecule has 1 fully saturated rings. The molecule has 0 aliphatic carbocycles. The molecule has 1 amide bonds. The molecule has 0 N–H and O–H groups in total. The summed E-state index contributed by atoms with van der Waals surface area (Å²) >= 11 is 0. The lowest BCUT2D eigenvalue weighted by Crippen LogP contribution is -2.47. The van der Waals surface area contributed by atoms with E-state index in [1.54, 1.807) is 0 Å². The number of hydrogen-bond donors (Lipinski definition) is 0. The molecule has 0 atom stereocenters. The molecule has 30 heavy (non-hydrogen) atoms. The quantitative estimate of drug-likeness (QED) is 0.718. The summed E-state index contributed by atoms with van der Waals surface area (Å²) in [5, 5.41) is 0. The average Bonchev–Trinajstić information content (AvgIpc) is 2.80. The fourth-order valence-electron chi connectivity index (χ4n) is 4.96. The van der Waals surface area contributed by atoms with Gasteiger partial charge in [-0.25, -0.2) is 4.98 Å². The Bertz CT molecular complexity index is 934. The number of carbonyl (C=O) groups excluding carboxylic acids is 2. The highest BCUT2D eigenvalue weighted by molar-refractivity contribution is 6.01. The predicted octanol–water partition coefficient (Wildman–Crippen LogP) is 2.70. The Balaban J connectivity index is 1.20. The first-order chi connectivity index (χ1) is 14.7. The molecule has 5 rings (SSSR count). The van der Waals surface area contributed by atoms with Crippen molar-refractivity contribution >= 4 is 23.2 Å². The van der Waals surface area contributed by atoms with E-state index >= 15 is 0 Å². The zero-order valence-corrected chi connectivity index (χ0v) is 17.3. The van der Waals surface area contributed by atoms with Crippen molar-refractivity contribution in [2.75, 3.05) is 49.1 Å². The Kier molecular flexibility index (Phi) is 5.25. The van der Waals surface area contributed by atoms with Crippen LogP contribution in [0.15, 0.2) is 36.5 Å². The third-order valence-corrected chi connectivity index (χ3v) is 6.60. The summed E-state index contributed by atoms with van der Waals surface area (Å²) in [7, 11) is 0. The van der Waals surface area contributed by atoms with Crippen LogP contribution in [0.4, 0.5) is 11.5 Å². The van der Waals surface area contributed by atoms with E-state index in [2.05, 4.69) is 20.9 Å². The number of benzene rings is 1. The molecule has 0 spiro atoms. The van der Waals surface area contributed by atoms with Gasteiger partial charge in [0.15, 0.2) is 5.78 Å². The fourth-order valence-corrected chi connectivity index (χ4v) is 4.96. The number of rotatable bonds is 5. The van der Waals surface area contributed by atoms with E-state index in [0.29, 0.717) is 12.8 Å². The first kappa shape index (κ1) is 19.2. The van der Waals surface area contributed by atoms with Crippen molar-refractivity contribution in [3.05, 3.63) is 53.2 Å². The number of amides is 1. The molecular weight excluding hydrogens is 376 g/mol. The molecule has 1 aromatic heterocycles. The molecule has 1 saturated heterocycles. The second-order valence-electron chi connectivity index (χ2n) is 8.48. The largest absolute Gasteiger partial charge is 0.354 e. The standard InChI is InChI=1S/C24H28N4O2/c29-21(8-11-26-12-14-27(15-13-26)22-5-1-2-9-25-22)20-16-18-4-3-10-28-23(30)7-6-19(17-20)24(18)28/h1-2,5,9,16-17H,3-4,6-8,10-15H2. The molecule has 3 aliphatic heterocycles. The highest BCUT2D eigenvalue weighted by Crippen LogP contribution is 2.36. The van der Waals surface area contributed by atoms with E-state index in [-0.39, 0.29) is 11.7 Å². The lowest BCUT2D eigenvalue weighted by molar-refractivity contribution is -0.119. The van der Waals surface area contributed by atoms with E-state index < -0.39 is 0 Å². The third-order valence-electron chi connectivity index (χ3n) is 6.60. The molecule has 0 radical (unpaired) electrons. The first-order valence-corrected chi connectivity index (χ1v) is 11.1. The maximum Gasteiger partial charge on any atom is 0.227 e. The molecule has 2 aromatic rings. The normalized spacial score (nSPS) is 19.0. The zero-order chi connectivity index (χ0) is 20.5. The molecule has 0 bridgehead atoms. The SMILES string of the molecule is O=C(CCN1CCN(c2ccccn2)CC1)c1cc2c3c(c1)CCC(=O)N3CCC2. The van der Waals surface area contributed by atoms with E-state index in [4.69, 9.17) is 0 Å². The van der Waals surface area contributed by atoms with Crippen LogP contribution >= 0.6 is 0 Å². The van der Waals surface area contributed by atoms with Gasteiger partial charge in [0.2, 0.25) is 5.91 Å². The van der Waals surface area contributed by atoms with Crippen molar-refractivity contribution in [3.8, 4) is 0 Å². The Morgan fingerprint density at radius 3 is 2.53 bits per heavy atom. The van der Waals surface area contributed by atoms with Gasteiger partial charge in [-0.1, -0.05) is 6.07 Å². The minimum atomic E-state index is 0.218.